The molecule has 0 spiro atoms. The van der Waals surface area contributed by atoms with E-state index in [1.165, 1.54) is 36.9 Å². The van der Waals surface area contributed by atoms with Crippen molar-refractivity contribution in [2.24, 2.45) is 5.92 Å². The van der Waals surface area contributed by atoms with E-state index >= 15 is 0 Å². The molecule has 1 fully saturated rings. The van der Waals surface area contributed by atoms with Crippen molar-refractivity contribution in [1.82, 2.24) is 4.90 Å². The molecule has 1 saturated carbocycles. The van der Waals surface area contributed by atoms with E-state index in [0.29, 0.717) is 12.6 Å². The number of benzene rings is 1. The van der Waals surface area contributed by atoms with Gasteiger partial charge in [0.2, 0.25) is 5.91 Å². The Kier molecular flexibility index (Phi) is 5.05. The van der Waals surface area contributed by atoms with Crippen LogP contribution in [0.15, 0.2) is 24.3 Å². The molecular formula is C17H26N2O. The largest absolute Gasteiger partial charge is 0.382 e. The Labute approximate surface area is 122 Å². The van der Waals surface area contributed by atoms with E-state index in [9.17, 15) is 4.79 Å². The number of carbonyl (C=O) groups excluding carboxylic acids is 1. The lowest BCUT2D eigenvalue weighted by Crippen LogP contribution is -2.28. The van der Waals surface area contributed by atoms with E-state index in [2.05, 4.69) is 30.4 Å². The Bertz CT molecular complexity index is 458. The molecule has 0 aliphatic heterocycles. The fourth-order valence-corrected chi connectivity index (χ4v) is 2.95. The van der Waals surface area contributed by atoms with Crippen LogP contribution in [0.3, 0.4) is 0 Å². The van der Waals surface area contributed by atoms with Crippen molar-refractivity contribution in [1.29, 1.82) is 0 Å². The van der Waals surface area contributed by atoms with Crippen LogP contribution in [0.4, 0.5) is 5.69 Å². The highest BCUT2D eigenvalue weighted by molar-refractivity contribution is 5.73. The minimum atomic E-state index is 0.103. The van der Waals surface area contributed by atoms with Gasteiger partial charge in [-0.15, -0.1) is 0 Å². The third kappa shape index (κ3) is 3.99. The Hall–Kier alpha value is -1.51. The second-order valence-electron chi connectivity index (χ2n) is 6.15. The van der Waals surface area contributed by atoms with Crippen LogP contribution in [0.2, 0.25) is 0 Å². The number of rotatable bonds is 4. The molecule has 1 aromatic rings. The summed E-state index contributed by atoms with van der Waals surface area (Å²) in [6.45, 7) is 4.61. The zero-order valence-electron chi connectivity index (χ0n) is 12.9. The molecule has 0 aromatic heterocycles. The van der Waals surface area contributed by atoms with E-state index in [4.69, 9.17) is 0 Å². The van der Waals surface area contributed by atoms with Gasteiger partial charge in [-0.3, -0.25) is 4.79 Å². The lowest BCUT2D eigenvalue weighted by atomic mass is 9.87. The summed E-state index contributed by atoms with van der Waals surface area (Å²) in [5, 5.41) is 3.69. The Balaban J connectivity index is 2.05. The monoisotopic (exact) mass is 274 g/mol. The van der Waals surface area contributed by atoms with Crippen LogP contribution < -0.4 is 5.32 Å². The Morgan fingerprint density at radius 2 is 2.10 bits per heavy atom. The molecule has 2 atom stereocenters. The summed E-state index contributed by atoms with van der Waals surface area (Å²) in [6, 6.07) is 8.91. The summed E-state index contributed by atoms with van der Waals surface area (Å²) < 4.78 is 0. The van der Waals surface area contributed by atoms with Crippen molar-refractivity contribution in [2.45, 2.75) is 52.1 Å². The number of hydrogen-bond donors (Lipinski definition) is 1. The summed E-state index contributed by atoms with van der Waals surface area (Å²) in [7, 11) is 1.85. The molecule has 2 rings (SSSR count). The van der Waals surface area contributed by atoms with Crippen molar-refractivity contribution in [3.63, 3.8) is 0 Å². The van der Waals surface area contributed by atoms with Gasteiger partial charge in [0.15, 0.2) is 0 Å². The second-order valence-corrected chi connectivity index (χ2v) is 6.15. The van der Waals surface area contributed by atoms with Gasteiger partial charge in [0.25, 0.3) is 0 Å². The lowest BCUT2D eigenvalue weighted by Gasteiger charge is -2.29. The number of amides is 1. The van der Waals surface area contributed by atoms with Crippen molar-refractivity contribution in [3.05, 3.63) is 29.8 Å². The Morgan fingerprint density at radius 3 is 2.80 bits per heavy atom. The van der Waals surface area contributed by atoms with Crippen LogP contribution in [-0.2, 0) is 11.3 Å². The molecule has 2 unspecified atom stereocenters. The minimum Gasteiger partial charge on any atom is -0.382 e. The highest BCUT2D eigenvalue weighted by Gasteiger charge is 2.19. The van der Waals surface area contributed by atoms with Gasteiger partial charge in [-0.05, 0) is 30.4 Å². The molecule has 1 N–H and O–H groups in total. The number of para-hydroxylation sites is 1. The number of nitrogens with zero attached hydrogens (tertiary/aromatic N) is 1. The third-order valence-electron chi connectivity index (χ3n) is 4.26. The van der Waals surface area contributed by atoms with Gasteiger partial charge in [0, 0.05) is 32.2 Å². The first-order valence-electron chi connectivity index (χ1n) is 7.62. The number of anilines is 1. The van der Waals surface area contributed by atoms with E-state index in [1.54, 1.807) is 11.8 Å². The van der Waals surface area contributed by atoms with Crippen LogP contribution >= 0.6 is 0 Å². The van der Waals surface area contributed by atoms with Gasteiger partial charge in [0.05, 0.1) is 0 Å². The number of carbonyl (C=O) groups is 1. The van der Waals surface area contributed by atoms with E-state index in [-0.39, 0.29) is 5.91 Å². The average Bonchev–Trinajstić information content (AvgIpc) is 2.41. The summed E-state index contributed by atoms with van der Waals surface area (Å²) in [5.74, 6) is 0.916. The standard InChI is InChI=1S/C17H26N2O/c1-13-7-6-9-16(11-13)18-17-10-5-4-8-15(17)12-19(3)14(2)20/h4-5,8,10,13,16,18H,6-7,9,11-12H2,1-3H3. The van der Waals surface area contributed by atoms with Crippen LogP contribution in [0, 0.1) is 5.92 Å². The van der Waals surface area contributed by atoms with Gasteiger partial charge in [-0.1, -0.05) is 38.0 Å². The summed E-state index contributed by atoms with van der Waals surface area (Å²) in [6.07, 6.45) is 5.17. The van der Waals surface area contributed by atoms with Crippen LogP contribution in [0.1, 0.15) is 45.1 Å². The van der Waals surface area contributed by atoms with Gasteiger partial charge < -0.3 is 10.2 Å². The maximum atomic E-state index is 11.4. The molecular weight excluding hydrogens is 248 g/mol. The predicted molar refractivity (Wildman–Crippen MR) is 83.6 cm³/mol. The molecule has 0 bridgehead atoms. The van der Waals surface area contributed by atoms with Gasteiger partial charge in [-0.25, -0.2) is 0 Å². The summed E-state index contributed by atoms with van der Waals surface area (Å²) in [5.41, 5.74) is 2.38. The van der Waals surface area contributed by atoms with Crippen molar-refractivity contribution in [2.75, 3.05) is 12.4 Å². The third-order valence-corrected chi connectivity index (χ3v) is 4.26. The smallest absolute Gasteiger partial charge is 0.219 e. The first kappa shape index (κ1) is 14.9. The Morgan fingerprint density at radius 1 is 1.35 bits per heavy atom. The van der Waals surface area contributed by atoms with Crippen molar-refractivity contribution in [3.8, 4) is 0 Å². The normalized spacial score (nSPS) is 22.4. The number of hydrogen-bond acceptors (Lipinski definition) is 2. The predicted octanol–water partition coefficient (Wildman–Crippen LogP) is 3.66. The zero-order valence-corrected chi connectivity index (χ0v) is 12.9. The lowest BCUT2D eigenvalue weighted by molar-refractivity contribution is -0.128. The molecule has 0 saturated heterocycles. The maximum absolute atomic E-state index is 11.4. The maximum Gasteiger partial charge on any atom is 0.219 e. The van der Waals surface area contributed by atoms with E-state index < -0.39 is 0 Å². The van der Waals surface area contributed by atoms with Gasteiger partial charge in [-0.2, -0.15) is 0 Å². The first-order valence-corrected chi connectivity index (χ1v) is 7.62. The van der Waals surface area contributed by atoms with Gasteiger partial charge >= 0.3 is 0 Å². The number of nitrogens with one attached hydrogen (secondary N) is 1. The molecule has 20 heavy (non-hydrogen) atoms. The quantitative estimate of drug-likeness (QED) is 0.909. The minimum absolute atomic E-state index is 0.103. The van der Waals surface area contributed by atoms with Gasteiger partial charge in [0.1, 0.15) is 0 Å². The molecule has 3 nitrogen and oxygen atoms in total. The van der Waals surface area contributed by atoms with Crippen LogP contribution in [-0.4, -0.2) is 23.9 Å². The molecule has 0 radical (unpaired) electrons. The average molecular weight is 274 g/mol. The highest BCUT2D eigenvalue weighted by Crippen LogP contribution is 2.27. The summed E-state index contributed by atoms with van der Waals surface area (Å²) >= 11 is 0. The molecule has 1 aliphatic carbocycles. The summed E-state index contributed by atoms with van der Waals surface area (Å²) in [4.78, 5) is 13.2. The van der Waals surface area contributed by atoms with Crippen molar-refractivity contribution < 1.29 is 4.79 Å². The topological polar surface area (TPSA) is 32.3 Å². The van der Waals surface area contributed by atoms with E-state index in [1.807, 2.05) is 13.1 Å². The SMILES string of the molecule is CC(=O)N(C)Cc1ccccc1NC1CCCC(C)C1. The molecule has 1 aliphatic rings. The molecule has 0 heterocycles. The van der Waals surface area contributed by atoms with Crippen LogP contribution in [0.5, 0.6) is 0 Å². The van der Waals surface area contributed by atoms with Crippen molar-refractivity contribution >= 4 is 11.6 Å². The fraction of sp³-hybridized carbons (Fsp3) is 0.588. The molecule has 3 heteroatoms. The molecule has 1 amide bonds. The second kappa shape index (κ2) is 6.78. The van der Waals surface area contributed by atoms with E-state index in [0.717, 1.165) is 5.92 Å². The highest BCUT2D eigenvalue weighted by atomic mass is 16.2. The first-order chi connectivity index (χ1) is 9.56. The van der Waals surface area contributed by atoms with Crippen LogP contribution in [0.25, 0.3) is 0 Å². The zero-order chi connectivity index (χ0) is 14.5. The molecule has 1 aromatic carbocycles. The molecule has 110 valence electrons. The fourth-order valence-electron chi connectivity index (χ4n) is 2.95.